The van der Waals surface area contributed by atoms with Crippen molar-refractivity contribution in [3.05, 3.63) is 64.6 Å². The van der Waals surface area contributed by atoms with Gasteiger partial charge >= 0.3 is 5.97 Å². The van der Waals surface area contributed by atoms with Crippen molar-refractivity contribution >= 4 is 46.3 Å². The van der Waals surface area contributed by atoms with E-state index in [0.717, 1.165) is 16.7 Å². The van der Waals surface area contributed by atoms with Gasteiger partial charge in [0.05, 0.1) is 11.5 Å². The topological polar surface area (TPSA) is 87.1 Å². The molecule has 28 heavy (non-hydrogen) atoms. The van der Waals surface area contributed by atoms with Gasteiger partial charge in [-0.3, -0.25) is 9.69 Å². The summed E-state index contributed by atoms with van der Waals surface area (Å²) >= 11 is 6.34. The molecule has 8 heteroatoms. The molecule has 0 unspecified atom stereocenters. The maximum atomic E-state index is 12.9. The van der Waals surface area contributed by atoms with E-state index in [1.165, 1.54) is 6.07 Å². The highest BCUT2D eigenvalue weighted by Crippen LogP contribution is 2.39. The van der Waals surface area contributed by atoms with Crippen molar-refractivity contribution in [2.24, 2.45) is 0 Å². The largest absolute Gasteiger partial charge is 0.504 e. The molecule has 0 radical (unpaired) electrons. The van der Waals surface area contributed by atoms with Crippen LogP contribution in [-0.4, -0.2) is 37.9 Å². The Morgan fingerprint density at radius 3 is 2.64 bits per heavy atom. The van der Waals surface area contributed by atoms with Crippen LogP contribution in [-0.2, 0) is 9.59 Å². The second-order valence-corrected chi connectivity index (χ2v) is 7.54. The number of thioether (sulfide) groups is 1. The van der Waals surface area contributed by atoms with Gasteiger partial charge in [0.1, 0.15) is 4.32 Å². The number of thiocarbonyl (C=S) groups is 1. The van der Waals surface area contributed by atoms with Crippen molar-refractivity contribution in [3.8, 4) is 11.5 Å². The highest BCUT2D eigenvalue weighted by molar-refractivity contribution is 8.26. The van der Waals surface area contributed by atoms with Crippen LogP contribution >= 0.6 is 24.0 Å². The molecule has 1 aliphatic heterocycles. The van der Waals surface area contributed by atoms with E-state index < -0.39 is 17.9 Å². The molecule has 2 N–H and O–H groups in total. The quantitative estimate of drug-likeness (QED) is 0.548. The fourth-order valence-electron chi connectivity index (χ4n) is 2.78. The Balaban J connectivity index is 1.94. The van der Waals surface area contributed by atoms with Crippen LogP contribution in [0.3, 0.4) is 0 Å². The minimum atomic E-state index is -1.20. The van der Waals surface area contributed by atoms with Gasteiger partial charge < -0.3 is 14.9 Å². The summed E-state index contributed by atoms with van der Waals surface area (Å²) in [7, 11) is 0. The van der Waals surface area contributed by atoms with Crippen LogP contribution < -0.4 is 4.74 Å². The van der Waals surface area contributed by atoms with Gasteiger partial charge in [0.15, 0.2) is 17.5 Å². The lowest BCUT2D eigenvalue weighted by Crippen LogP contribution is -2.37. The third kappa shape index (κ3) is 4.02. The van der Waals surface area contributed by atoms with Crippen molar-refractivity contribution in [1.29, 1.82) is 0 Å². The Morgan fingerprint density at radius 2 is 2.00 bits per heavy atom. The van der Waals surface area contributed by atoms with Crippen LogP contribution in [0.4, 0.5) is 0 Å². The van der Waals surface area contributed by atoms with Crippen LogP contribution in [0.15, 0.2) is 53.4 Å². The maximum Gasteiger partial charge on any atom is 0.331 e. The van der Waals surface area contributed by atoms with E-state index >= 15 is 0 Å². The standard InChI is InChI=1S/C20H17NO5S2/c1-2-26-15-10-12(8-9-14(15)22)11-16-18(23)21(20(27)28-16)17(19(24)25)13-6-4-3-5-7-13/h3-11,17,22H,2H2,1H3,(H,24,25)/b16-11-/t17-/m1/s1. The molecule has 2 aromatic rings. The van der Waals surface area contributed by atoms with Gasteiger partial charge in [-0.15, -0.1) is 0 Å². The van der Waals surface area contributed by atoms with E-state index in [1.54, 1.807) is 55.5 Å². The van der Waals surface area contributed by atoms with Gasteiger partial charge in [0.2, 0.25) is 0 Å². The number of carbonyl (C=O) groups excluding carboxylic acids is 1. The smallest absolute Gasteiger partial charge is 0.331 e. The lowest BCUT2D eigenvalue weighted by atomic mass is 10.1. The van der Waals surface area contributed by atoms with Gasteiger partial charge in [-0.1, -0.05) is 60.4 Å². The van der Waals surface area contributed by atoms with Crippen molar-refractivity contribution in [3.63, 3.8) is 0 Å². The Labute approximate surface area is 171 Å². The average molecular weight is 415 g/mol. The van der Waals surface area contributed by atoms with Gasteiger partial charge in [-0.25, -0.2) is 4.79 Å². The second kappa shape index (κ2) is 8.45. The zero-order chi connectivity index (χ0) is 20.3. The minimum Gasteiger partial charge on any atom is -0.504 e. The molecule has 1 aliphatic rings. The van der Waals surface area contributed by atoms with Crippen LogP contribution in [0.25, 0.3) is 6.08 Å². The number of aromatic hydroxyl groups is 1. The summed E-state index contributed by atoms with van der Waals surface area (Å²) in [6, 6.07) is 12.0. The predicted molar refractivity (Wildman–Crippen MR) is 111 cm³/mol. The molecular formula is C20H17NO5S2. The lowest BCUT2D eigenvalue weighted by Gasteiger charge is -2.23. The normalized spacial score (nSPS) is 16.5. The molecule has 1 saturated heterocycles. The number of benzene rings is 2. The highest BCUT2D eigenvalue weighted by atomic mass is 32.2. The fraction of sp³-hybridized carbons (Fsp3) is 0.150. The van der Waals surface area contributed by atoms with Crippen molar-refractivity contribution in [2.45, 2.75) is 13.0 Å². The molecule has 0 spiro atoms. The first-order chi connectivity index (χ1) is 13.4. The fourth-order valence-corrected chi connectivity index (χ4v) is 4.10. The van der Waals surface area contributed by atoms with E-state index in [2.05, 4.69) is 0 Å². The van der Waals surface area contributed by atoms with Crippen LogP contribution in [0.2, 0.25) is 0 Å². The van der Waals surface area contributed by atoms with Crippen molar-refractivity contribution in [1.82, 2.24) is 4.90 Å². The first kappa shape index (κ1) is 19.9. The van der Waals surface area contributed by atoms with Crippen LogP contribution in [0.1, 0.15) is 24.1 Å². The van der Waals surface area contributed by atoms with Gasteiger partial charge in [0, 0.05) is 0 Å². The van der Waals surface area contributed by atoms with E-state index in [4.69, 9.17) is 17.0 Å². The monoisotopic (exact) mass is 415 g/mol. The van der Waals surface area contributed by atoms with E-state index in [-0.39, 0.29) is 10.1 Å². The number of ether oxygens (including phenoxy) is 1. The SMILES string of the molecule is CCOc1cc(/C=C2\SC(=S)N([C@@H](C(=O)O)c3ccccc3)C2=O)ccc1O. The van der Waals surface area contributed by atoms with Crippen LogP contribution in [0, 0.1) is 0 Å². The molecule has 1 amide bonds. The summed E-state index contributed by atoms with van der Waals surface area (Å²) in [4.78, 5) is 26.2. The summed E-state index contributed by atoms with van der Waals surface area (Å²) in [5.41, 5.74) is 1.10. The van der Waals surface area contributed by atoms with E-state index in [1.807, 2.05) is 0 Å². The summed E-state index contributed by atoms with van der Waals surface area (Å²) in [5, 5.41) is 19.5. The summed E-state index contributed by atoms with van der Waals surface area (Å²) in [6.07, 6.45) is 1.60. The molecule has 0 saturated carbocycles. The third-order valence-corrected chi connectivity index (χ3v) is 5.34. The summed E-state index contributed by atoms with van der Waals surface area (Å²) in [5.74, 6) is -1.33. The number of hydrogen-bond donors (Lipinski definition) is 2. The Bertz CT molecular complexity index is 958. The molecule has 1 heterocycles. The number of nitrogens with zero attached hydrogens (tertiary/aromatic N) is 1. The van der Waals surface area contributed by atoms with E-state index in [9.17, 15) is 19.8 Å². The molecular weight excluding hydrogens is 398 g/mol. The predicted octanol–water partition coefficient (Wildman–Crippen LogP) is 3.82. The number of phenols is 1. The highest BCUT2D eigenvalue weighted by Gasteiger charge is 2.41. The molecule has 1 fully saturated rings. The number of rotatable bonds is 6. The second-order valence-electron chi connectivity index (χ2n) is 5.86. The van der Waals surface area contributed by atoms with E-state index in [0.29, 0.717) is 28.4 Å². The molecule has 0 bridgehead atoms. The number of amides is 1. The molecule has 2 aromatic carbocycles. The van der Waals surface area contributed by atoms with Gasteiger partial charge in [-0.05, 0) is 36.3 Å². The Morgan fingerprint density at radius 1 is 1.29 bits per heavy atom. The zero-order valence-corrected chi connectivity index (χ0v) is 16.5. The third-order valence-electron chi connectivity index (χ3n) is 4.01. The first-order valence-electron chi connectivity index (χ1n) is 8.43. The molecule has 144 valence electrons. The molecule has 6 nitrogen and oxygen atoms in total. The number of carboxylic acid groups (broad SMARTS) is 1. The average Bonchev–Trinajstić information content (AvgIpc) is 2.93. The molecule has 1 atom stereocenters. The lowest BCUT2D eigenvalue weighted by molar-refractivity contribution is -0.145. The Kier molecular flexibility index (Phi) is 6.01. The minimum absolute atomic E-state index is 0.00145. The zero-order valence-electron chi connectivity index (χ0n) is 14.9. The number of aliphatic carboxylic acids is 1. The van der Waals surface area contributed by atoms with Gasteiger partial charge in [0.25, 0.3) is 5.91 Å². The molecule has 3 rings (SSSR count). The number of phenolic OH excluding ortho intramolecular Hbond substituents is 1. The molecule has 0 aliphatic carbocycles. The first-order valence-corrected chi connectivity index (χ1v) is 9.65. The van der Waals surface area contributed by atoms with Gasteiger partial charge in [-0.2, -0.15) is 0 Å². The molecule has 0 aromatic heterocycles. The Hall–Kier alpha value is -2.84. The summed E-state index contributed by atoms with van der Waals surface area (Å²) < 4.78 is 5.53. The maximum absolute atomic E-state index is 12.9. The summed E-state index contributed by atoms with van der Waals surface area (Å²) in [6.45, 7) is 2.18. The van der Waals surface area contributed by atoms with Crippen LogP contribution in [0.5, 0.6) is 11.5 Å². The number of carboxylic acids is 1. The number of carbonyl (C=O) groups is 2. The van der Waals surface area contributed by atoms with Crippen molar-refractivity contribution in [2.75, 3.05) is 6.61 Å². The number of hydrogen-bond acceptors (Lipinski definition) is 6. The van der Waals surface area contributed by atoms with Crippen molar-refractivity contribution < 1.29 is 24.5 Å².